The average Bonchev–Trinajstić information content (AvgIpc) is 2.80. The fourth-order valence-electron chi connectivity index (χ4n) is 2.41. The SMILES string of the molecule is O=COC#Cc1ccnc(-c2cc(OC=O)cc(-c3cc(C#COC=O)ccn3)n2)c1. The Hall–Kier alpha value is -5.02. The van der Waals surface area contributed by atoms with E-state index in [9.17, 15) is 14.4 Å². The van der Waals surface area contributed by atoms with E-state index in [-0.39, 0.29) is 18.7 Å². The highest BCUT2D eigenvalue weighted by molar-refractivity contribution is 5.67. The molecule has 0 unspecified atom stereocenters. The molecule has 0 aliphatic heterocycles. The van der Waals surface area contributed by atoms with Gasteiger partial charge in [-0.1, -0.05) is 0 Å². The summed E-state index contributed by atoms with van der Waals surface area (Å²) < 4.78 is 13.7. The van der Waals surface area contributed by atoms with Crippen molar-refractivity contribution in [2.75, 3.05) is 0 Å². The lowest BCUT2D eigenvalue weighted by Crippen LogP contribution is -1.97. The highest BCUT2D eigenvalue weighted by Gasteiger charge is 2.11. The average molecular weight is 413 g/mol. The first kappa shape index (κ1) is 20.7. The second kappa shape index (κ2) is 10.5. The molecule has 0 aliphatic carbocycles. The Morgan fingerprint density at radius 1 is 0.677 bits per heavy atom. The highest BCUT2D eigenvalue weighted by atomic mass is 16.5. The number of aromatic nitrogens is 3. The summed E-state index contributed by atoms with van der Waals surface area (Å²) in [6.07, 6.45) is 7.49. The first-order valence-corrected chi connectivity index (χ1v) is 8.49. The summed E-state index contributed by atoms with van der Waals surface area (Å²) in [5.41, 5.74) is 2.70. The number of carbonyl (C=O) groups is 3. The van der Waals surface area contributed by atoms with Crippen LogP contribution in [0, 0.1) is 24.1 Å². The van der Waals surface area contributed by atoms with Crippen LogP contribution in [0.4, 0.5) is 0 Å². The van der Waals surface area contributed by atoms with Crippen molar-refractivity contribution in [2.24, 2.45) is 0 Å². The Morgan fingerprint density at radius 3 is 1.65 bits per heavy atom. The minimum atomic E-state index is 0.222. The normalized spacial score (nSPS) is 9.16. The Morgan fingerprint density at radius 2 is 1.19 bits per heavy atom. The smallest absolute Gasteiger partial charge is 0.307 e. The van der Waals surface area contributed by atoms with Crippen molar-refractivity contribution in [2.45, 2.75) is 0 Å². The van der Waals surface area contributed by atoms with Gasteiger partial charge in [-0.3, -0.25) is 24.4 Å². The summed E-state index contributed by atoms with van der Waals surface area (Å²) in [6, 6.07) is 9.57. The van der Waals surface area contributed by atoms with Gasteiger partial charge in [-0.05, 0) is 36.1 Å². The molecule has 9 heteroatoms. The van der Waals surface area contributed by atoms with Gasteiger partial charge in [0.25, 0.3) is 6.47 Å². The molecule has 0 atom stereocenters. The van der Waals surface area contributed by atoms with Crippen molar-refractivity contribution in [3.05, 3.63) is 59.9 Å². The van der Waals surface area contributed by atoms with Crippen molar-refractivity contribution >= 4 is 19.4 Å². The molecule has 3 aromatic heterocycles. The first-order valence-electron chi connectivity index (χ1n) is 8.49. The summed E-state index contributed by atoms with van der Waals surface area (Å²) in [5, 5.41) is 0. The van der Waals surface area contributed by atoms with Crippen LogP contribution in [-0.4, -0.2) is 34.4 Å². The zero-order chi connectivity index (χ0) is 21.9. The number of hydrogen-bond donors (Lipinski definition) is 0. The molecule has 31 heavy (non-hydrogen) atoms. The molecule has 0 fully saturated rings. The summed E-state index contributed by atoms with van der Waals surface area (Å²) >= 11 is 0. The van der Waals surface area contributed by atoms with Gasteiger partial charge in [-0.2, -0.15) is 0 Å². The lowest BCUT2D eigenvalue weighted by Gasteiger charge is -2.08. The van der Waals surface area contributed by atoms with E-state index < -0.39 is 0 Å². The van der Waals surface area contributed by atoms with E-state index in [1.807, 2.05) is 0 Å². The van der Waals surface area contributed by atoms with E-state index in [1.54, 1.807) is 24.3 Å². The predicted octanol–water partition coefficient (Wildman–Crippen LogP) is 1.70. The second-order valence-corrected chi connectivity index (χ2v) is 5.53. The molecule has 3 aromatic rings. The van der Waals surface area contributed by atoms with Crippen molar-refractivity contribution in [3.8, 4) is 52.6 Å². The van der Waals surface area contributed by atoms with Crippen molar-refractivity contribution in [3.63, 3.8) is 0 Å². The summed E-state index contributed by atoms with van der Waals surface area (Å²) in [4.78, 5) is 44.4. The molecule has 0 radical (unpaired) electrons. The van der Waals surface area contributed by atoms with Crippen molar-refractivity contribution < 1.29 is 28.6 Å². The van der Waals surface area contributed by atoms with Crippen LogP contribution in [0.25, 0.3) is 22.8 Å². The predicted molar refractivity (Wildman–Crippen MR) is 105 cm³/mol. The number of carbonyl (C=O) groups excluding carboxylic acids is 3. The maximum Gasteiger partial charge on any atom is 0.307 e. The maximum atomic E-state index is 10.9. The largest absolute Gasteiger partial charge is 0.429 e. The Bertz CT molecular complexity index is 1160. The van der Waals surface area contributed by atoms with Crippen LogP contribution >= 0.6 is 0 Å². The van der Waals surface area contributed by atoms with E-state index in [4.69, 9.17) is 4.74 Å². The molecule has 3 rings (SSSR count). The van der Waals surface area contributed by atoms with Gasteiger partial charge in [-0.15, -0.1) is 0 Å². The Balaban J connectivity index is 2.04. The maximum absolute atomic E-state index is 10.9. The van der Waals surface area contributed by atoms with Gasteiger partial charge in [0.15, 0.2) is 0 Å². The molecule has 0 amide bonds. The van der Waals surface area contributed by atoms with E-state index in [1.165, 1.54) is 24.5 Å². The van der Waals surface area contributed by atoms with E-state index in [2.05, 4.69) is 48.5 Å². The molecule has 0 bridgehead atoms. The van der Waals surface area contributed by atoms with Crippen LogP contribution in [0.3, 0.4) is 0 Å². The zero-order valence-corrected chi connectivity index (χ0v) is 15.6. The fourth-order valence-corrected chi connectivity index (χ4v) is 2.41. The zero-order valence-electron chi connectivity index (χ0n) is 15.6. The first-order chi connectivity index (χ1) is 15.2. The van der Waals surface area contributed by atoms with Gasteiger partial charge in [-0.25, -0.2) is 4.98 Å². The Kier molecular flexibility index (Phi) is 7.02. The van der Waals surface area contributed by atoms with Crippen molar-refractivity contribution in [1.29, 1.82) is 0 Å². The lowest BCUT2D eigenvalue weighted by atomic mass is 10.1. The highest BCUT2D eigenvalue weighted by Crippen LogP contribution is 2.27. The molecule has 0 aliphatic rings. The van der Waals surface area contributed by atoms with E-state index >= 15 is 0 Å². The summed E-state index contributed by atoms with van der Waals surface area (Å²) in [5.74, 6) is 5.52. The topological polar surface area (TPSA) is 118 Å². The van der Waals surface area contributed by atoms with Crippen LogP contribution < -0.4 is 4.74 Å². The number of ether oxygens (including phenoxy) is 3. The van der Waals surface area contributed by atoms with Crippen molar-refractivity contribution in [1.82, 2.24) is 15.0 Å². The van der Waals surface area contributed by atoms with Gasteiger partial charge >= 0.3 is 12.9 Å². The fraction of sp³-hybridized carbons (Fsp3) is 0. The lowest BCUT2D eigenvalue weighted by molar-refractivity contribution is -0.123. The minimum Gasteiger partial charge on any atom is -0.429 e. The summed E-state index contributed by atoms with van der Waals surface area (Å²) in [6.45, 7) is 0.737. The van der Waals surface area contributed by atoms with Gasteiger partial charge < -0.3 is 14.2 Å². The molecule has 0 aromatic carbocycles. The quantitative estimate of drug-likeness (QED) is 0.439. The molecule has 3 heterocycles. The van der Waals surface area contributed by atoms with Crippen LogP contribution in [0.2, 0.25) is 0 Å². The number of hydrogen-bond acceptors (Lipinski definition) is 9. The van der Waals surface area contributed by atoms with Crippen LogP contribution in [0.5, 0.6) is 5.75 Å². The van der Waals surface area contributed by atoms with E-state index in [0.29, 0.717) is 40.4 Å². The van der Waals surface area contributed by atoms with E-state index in [0.717, 1.165) is 0 Å². The number of rotatable bonds is 6. The second-order valence-electron chi connectivity index (χ2n) is 5.53. The van der Waals surface area contributed by atoms with Crippen LogP contribution in [0.15, 0.2) is 48.8 Å². The third-order valence-corrected chi connectivity index (χ3v) is 3.63. The van der Waals surface area contributed by atoms with Crippen LogP contribution in [0.1, 0.15) is 11.1 Å². The molecular formula is C22H11N3O6. The molecule has 150 valence electrons. The molecule has 0 N–H and O–H groups in total. The van der Waals surface area contributed by atoms with Gasteiger partial charge in [0.2, 0.25) is 0 Å². The molecule has 0 saturated carbocycles. The number of nitrogens with zero attached hydrogens (tertiary/aromatic N) is 3. The number of pyridine rings is 3. The third kappa shape index (κ3) is 5.73. The van der Waals surface area contributed by atoms with Gasteiger partial charge in [0, 0.05) is 35.7 Å². The molecule has 0 saturated heterocycles. The Labute approximate surface area is 176 Å². The third-order valence-electron chi connectivity index (χ3n) is 3.63. The standard InChI is InChI=1S/C22H11N3O6/c26-13-29-7-3-16-1-5-23-19(9-16)21-11-18(31-15-28)12-22(25-21)20-10-17(2-6-24-20)4-8-30-14-27/h1-2,5-6,9-15H. The molecule has 9 nitrogen and oxygen atoms in total. The minimum absolute atomic E-state index is 0.222. The summed E-state index contributed by atoms with van der Waals surface area (Å²) in [7, 11) is 0. The molecule has 0 spiro atoms. The van der Waals surface area contributed by atoms with Gasteiger partial charge in [0.1, 0.15) is 18.0 Å². The van der Waals surface area contributed by atoms with Crippen LogP contribution in [-0.2, 0) is 23.9 Å². The molecular weight excluding hydrogens is 402 g/mol. The monoisotopic (exact) mass is 413 g/mol. The van der Waals surface area contributed by atoms with Gasteiger partial charge in [0.05, 0.1) is 22.8 Å².